The molecule has 3 aromatic rings. The molecule has 0 saturated carbocycles. The molecule has 7 nitrogen and oxygen atoms in total. The number of piperidine rings is 1. The van der Waals surface area contributed by atoms with Gasteiger partial charge in [0.2, 0.25) is 5.91 Å². The number of rotatable bonds is 8. The third-order valence-corrected chi connectivity index (χ3v) is 6.45. The van der Waals surface area contributed by atoms with Gasteiger partial charge in [-0.3, -0.25) is 19.3 Å². The van der Waals surface area contributed by atoms with Crippen LogP contribution in [0.2, 0.25) is 0 Å². The average Bonchev–Trinajstić information content (AvgIpc) is 3.17. The van der Waals surface area contributed by atoms with E-state index in [1.165, 1.54) is 30.5 Å². The molecule has 0 atom stereocenters. The number of carbonyl (C=O) groups excluding carboxylic acids is 1. The first-order chi connectivity index (χ1) is 15.6. The van der Waals surface area contributed by atoms with E-state index in [1.54, 1.807) is 0 Å². The van der Waals surface area contributed by atoms with Gasteiger partial charge in [0.25, 0.3) is 0 Å². The Morgan fingerprint density at radius 2 is 1.84 bits per heavy atom. The standard InChI is InChI=1S/C25H34N6O/c1-4-30(5-2)18-25(32)28-24-14-21-13-19(9-10-20(21)15-26-24)22-16-27-29(3)23(22)17-31-11-7-6-8-12-31/h9-10,13-16H,4-8,11-12,17-18H2,1-3H3,(H,26,28,32). The number of carbonyl (C=O) groups is 1. The Morgan fingerprint density at radius 3 is 2.59 bits per heavy atom. The molecule has 0 aliphatic carbocycles. The fourth-order valence-electron chi connectivity index (χ4n) is 4.43. The number of fused-ring (bicyclic) bond motifs is 1. The predicted molar refractivity (Wildman–Crippen MR) is 129 cm³/mol. The fraction of sp³-hybridized carbons (Fsp3) is 0.480. The number of aryl methyl sites for hydroxylation is 1. The van der Waals surface area contributed by atoms with Gasteiger partial charge >= 0.3 is 0 Å². The molecule has 0 spiro atoms. The molecule has 170 valence electrons. The zero-order chi connectivity index (χ0) is 22.5. The molecule has 32 heavy (non-hydrogen) atoms. The minimum Gasteiger partial charge on any atom is -0.310 e. The van der Waals surface area contributed by atoms with Gasteiger partial charge in [0.1, 0.15) is 5.82 Å². The fourth-order valence-corrected chi connectivity index (χ4v) is 4.43. The number of likely N-dealkylation sites (tertiary alicyclic amines) is 1. The number of anilines is 1. The second kappa shape index (κ2) is 10.2. The van der Waals surface area contributed by atoms with E-state index in [4.69, 9.17) is 0 Å². The van der Waals surface area contributed by atoms with Crippen LogP contribution in [-0.4, -0.2) is 63.2 Å². The monoisotopic (exact) mass is 434 g/mol. The first-order valence-corrected chi connectivity index (χ1v) is 11.7. The molecule has 1 amide bonds. The smallest absolute Gasteiger partial charge is 0.239 e. The first-order valence-electron chi connectivity index (χ1n) is 11.7. The van der Waals surface area contributed by atoms with Gasteiger partial charge in [0, 0.05) is 30.7 Å². The van der Waals surface area contributed by atoms with E-state index in [9.17, 15) is 4.79 Å². The van der Waals surface area contributed by atoms with Gasteiger partial charge in [-0.1, -0.05) is 32.4 Å². The third kappa shape index (κ3) is 5.16. The summed E-state index contributed by atoms with van der Waals surface area (Å²) in [6.45, 7) is 9.44. The van der Waals surface area contributed by atoms with Crippen molar-refractivity contribution >= 4 is 22.5 Å². The quantitative estimate of drug-likeness (QED) is 0.582. The Morgan fingerprint density at radius 1 is 1.06 bits per heavy atom. The molecule has 1 aliphatic heterocycles. The lowest BCUT2D eigenvalue weighted by molar-refractivity contribution is -0.117. The molecular formula is C25H34N6O. The lowest BCUT2D eigenvalue weighted by Gasteiger charge is -2.26. The summed E-state index contributed by atoms with van der Waals surface area (Å²) in [5.41, 5.74) is 3.56. The molecule has 0 bridgehead atoms. The molecular weight excluding hydrogens is 400 g/mol. The molecule has 1 fully saturated rings. The van der Waals surface area contributed by atoms with Gasteiger partial charge < -0.3 is 5.32 Å². The van der Waals surface area contributed by atoms with Gasteiger partial charge in [-0.25, -0.2) is 4.98 Å². The van der Waals surface area contributed by atoms with Gasteiger partial charge in [0.15, 0.2) is 0 Å². The van der Waals surface area contributed by atoms with Crippen LogP contribution < -0.4 is 5.32 Å². The van der Waals surface area contributed by atoms with Crippen molar-refractivity contribution in [2.24, 2.45) is 7.05 Å². The summed E-state index contributed by atoms with van der Waals surface area (Å²) in [5.74, 6) is 0.555. The molecule has 0 unspecified atom stereocenters. The van der Waals surface area contributed by atoms with E-state index in [2.05, 4.69) is 57.2 Å². The van der Waals surface area contributed by atoms with Crippen LogP contribution in [0.4, 0.5) is 5.82 Å². The number of benzene rings is 1. The first kappa shape index (κ1) is 22.4. The summed E-state index contributed by atoms with van der Waals surface area (Å²) in [6.07, 6.45) is 7.68. The van der Waals surface area contributed by atoms with Crippen molar-refractivity contribution < 1.29 is 4.79 Å². The zero-order valence-corrected chi connectivity index (χ0v) is 19.5. The van der Waals surface area contributed by atoms with Gasteiger partial charge in [0.05, 0.1) is 18.4 Å². The van der Waals surface area contributed by atoms with Crippen LogP contribution in [0.5, 0.6) is 0 Å². The largest absolute Gasteiger partial charge is 0.310 e. The Hall–Kier alpha value is -2.77. The van der Waals surface area contributed by atoms with E-state index in [-0.39, 0.29) is 5.91 Å². The highest BCUT2D eigenvalue weighted by Crippen LogP contribution is 2.29. The Kier molecular flexibility index (Phi) is 7.17. The number of amides is 1. The van der Waals surface area contributed by atoms with Crippen molar-refractivity contribution in [1.82, 2.24) is 24.6 Å². The van der Waals surface area contributed by atoms with E-state index in [0.717, 1.165) is 49.1 Å². The van der Waals surface area contributed by atoms with E-state index in [0.29, 0.717) is 12.4 Å². The molecule has 2 aromatic heterocycles. The van der Waals surface area contributed by atoms with E-state index >= 15 is 0 Å². The number of pyridine rings is 1. The molecule has 1 saturated heterocycles. The van der Waals surface area contributed by atoms with Crippen molar-refractivity contribution in [3.63, 3.8) is 0 Å². The highest BCUT2D eigenvalue weighted by atomic mass is 16.2. The van der Waals surface area contributed by atoms with Crippen molar-refractivity contribution in [3.05, 3.63) is 42.4 Å². The lowest BCUT2D eigenvalue weighted by Crippen LogP contribution is -2.33. The molecule has 7 heteroatoms. The Bertz CT molecular complexity index is 1070. The van der Waals surface area contributed by atoms with Crippen LogP contribution in [0.15, 0.2) is 36.7 Å². The van der Waals surface area contributed by atoms with Crippen molar-refractivity contribution in [2.45, 2.75) is 39.7 Å². The van der Waals surface area contributed by atoms with Gasteiger partial charge in [-0.2, -0.15) is 5.10 Å². The van der Waals surface area contributed by atoms with Crippen molar-refractivity contribution in [2.75, 3.05) is 38.0 Å². The predicted octanol–water partition coefficient (Wildman–Crippen LogP) is 3.90. The average molecular weight is 435 g/mol. The maximum atomic E-state index is 12.4. The van der Waals surface area contributed by atoms with E-state index < -0.39 is 0 Å². The zero-order valence-electron chi connectivity index (χ0n) is 19.5. The highest BCUT2D eigenvalue weighted by molar-refractivity contribution is 5.94. The molecule has 1 aliphatic rings. The maximum Gasteiger partial charge on any atom is 0.239 e. The van der Waals surface area contributed by atoms with Crippen molar-refractivity contribution in [1.29, 1.82) is 0 Å². The summed E-state index contributed by atoms with van der Waals surface area (Å²) in [7, 11) is 2.03. The molecule has 0 radical (unpaired) electrons. The maximum absolute atomic E-state index is 12.4. The molecule has 4 rings (SSSR count). The number of nitrogens with zero attached hydrogens (tertiary/aromatic N) is 5. The van der Waals surface area contributed by atoms with E-state index in [1.807, 2.05) is 30.2 Å². The van der Waals surface area contributed by atoms with Gasteiger partial charge in [-0.15, -0.1) is 0 Å². The molecule has 1 aromatic carbocycles. The number of nitrogens with one attached hydrogen (secondary N) is 1. The number of likely N-dealkylation sites (N-methyl/N-ethyl adjacent to an activating group) is 1. The summed E-state index contributed by atoms with van der Waals surface area (Å²) in [5, 5.41) is 9.61. The van der Waals surface area contributed by atoms with Crippen LogP contribution in [0.25, 0.3) is 21.9 Å². The minimum absolute atomic E-state index is 0.0345. The molecule has 3 heterocycles. The topological polar surface area (TPSA) is 66.3 Å². The van der Waals surface area contributed by atoms with Crippen LogP contribution in [0, 0.1) is 0 Å². The number of hydrogen-bond donors (Lipinski definition) is 1. The summed E-state index contributed by atoms with van der Waals surface area (Å²) < 4.78 is 2.00. The van der Waals surface area contributed by atoms with Crippen LogP contribution in [-0.2, 0) is 18.4 Å². The summed E-state index contributed by atoms with van der Waals surface area (Å²) in [6, 6.07) is 8.36. The SMILES string of the molecule is CCN(CC)CC(=O)Nc1cc2cc(-c3cnn(C)c3CN3CCCCC3)ccc2cn1. The van der Waals surface area contributed by atoms with Gasteiger partial charge in [-0.05, 0) is 62.1 Å². The second-order valence-electron chi connectivity index (χ2n) is 8.61. The van der Waals surface area contributed by atoms with Crippen molar-refractivity contribution in [3.8, 4) is 11.1 Å². The Labute approximate surface area is 190 Å². The third-order valence-electron chi connectivity index (χ3n) is 6.45. The van der Waals surface area contributed by atoms with Crippen LogP contribution in [0.1, 0.15) is 38.8 Å². The minimum atomic E-state index is -0.0345. The number of aromatic nitrogens is 3. The van der Waals surface area contributed by atoms with Crippen LogP contribution >= 0.6 is 0 Å². The molecule has 1 N–H and O–H groups in total. The van der Waals surface area contributed by atoms with Crippen LogP contribution in [0.3, 0.4) is 0 Å². The Balaban J connectivity index is 1.56. The lowest BCUT2D eigenvalue weighted by atomic mass is 10.0. The summed E-state index contributed by atoms with van der Waals surface area (Å²) >= 11 is 0. The summed E-state index contributed by atoms with van der Waals surface area (Å²) in [4.78, 5) is 21.4. The highest BCUT2D eigenvalue weighted by Gasteiger charge is 2.17. The normalized spacial score (nSPS) is 14.9. The number of hydrogen-bond acceptors (Lipinski definition) is 5. The second-order valence-corrected chi connectivity index (χ2v) is 8.61.